The fourth-order valence-electron chi connectivity index (χ4n) is 4.86. The Labute approximate surface area is 242 Å². The molecular weight excluding hydrogens is 644 g/mol. The van der Waals surface area contributed by atoms with Gasteiger partial charge in [0, 0.05) is 31.6 Å². The summed E-state index contributed by atoms with van der Waals surface area (Å²) in [4.78, 5) is 21.7. The van der Waals surface area contributed by atoms with E-state index in [4.69, 9.17) is 0 Å². The van der Waals surface area contributed by atoms with Crippen molar-refractivity contribution in [2.75, 3.05) is 11.9 Å². The molecule has 2 heterocycles. The summed E-state index contributed by atoms with van der Waals surface area (Å²) in [5, 5.41) is 8.84. The van der Waals surface area contributed by atoms with Gasteiger partial charge in [-0.15, -0.1) is 0 Å². The smallest absolute Gasteiger partial charge is 0.290 e. The molecule has 16 heteroatoms. The largest absolute Gasteiger partial charge is 0.354 e. The molecular formula is C26H23BrF8N6O. The minimum absolute atomic E-state index is 0.0958. The monoisotopic (exact) mass is 666 g/mol. The van der Waals surface area contributed by atoms with Gasteiger partial charge >= 0.3 is 0 Å². The molecule has 3 aromatic rings. The van der Waals surface area contributed by atoms with Crippen LogP contribution in [0.3, 0.4) is 0 Å². The Morgan fingerprint density at radius 2 is 1.71 bits per heavy atom. The Balaban J connectivity index is 1.47. The number of alkyl halides is 6. The van der Waals surface area contributed by atoms with Crippen molar-refractivity contribution in [1.29, 1.82) is 0 Å². The van der Waals surface area contributed by atoms with E-state index in [9.17, 15) is 39.9 Å². The number of aromatic nitrogens is 4. The lowest BCUT2D eigenvalue weighted by atomic mass is 9.89. The van der Waals surface area contributed by atoms with E-state index < -0.39 is 78.2 Å². The first kappa shape index (κ1) is 30.2. The molecule has 1 atom stereocenters. The summed E-state index contributed by atoms with van der Waals surface area (Å²) < 4.78 is 114. The Bertz CT molecular complexity index is 1480. The molecule has 0 saturated heterocycles. The standard InChI is InChI=1S/C26H23BrF8N6O/c27-16-10-37-24(36-9-12-1-2-12)39-20(16)17(7-13-5-14(28)8-15(29)6-13)38-18(42)11-41-22-19(21(40-41)23(30)31)25(32,33)3-4-26(22,34)35/h5-6,8,10,12,17,23H,1-4,7,9,11H2,(H,38,42)(H,36,37,39)/t17-/m0/s1. The summed E-state index contributed by atoms with van der Waals surface area (Å²) in [5.74, 6) is -10.2. The number of halogens is 9. The number of nitrogens with one attached hydrogen (secondary N) is 2. The van der Waals surface area contributed by atoms with Crippen molar-refractivity contribution >= 4 is 27.8 Å². The lowest BCUT2D eigenvalue weighted by Gasteiger charge is -2.29. The van der Waals surface area contributed by atoms with E-state index in [-0.39, 0.29) is 32.8 Å². The molecule has 1 saturated carbocycles. The number of hydrogen-bond donors (Lipinski definition) is 2. The van der Waals surface area contributed by atoms with E-state index in [1.54, 1.807) is 0 Å². The van der Waals surface area contributed by atoms with E-state index in [0.717, 1.165) is 25.0 Å². The molecule has 0 bridgehead atoms. The zero-order chi connectivity index (χ0) is 30.4. The first-order valence-electron chi connectivity index (χ1n) is 12.9. The molecule has 0 unspecified atom stereocenters. The maximum absolute atomic E-state index is 14.8. The van der Waals surface area contributed by atoms with Crippen molar-refractivity contribution in [3.8, 4) is 0 Å². The topological polar surface area (TPSA) is 84.7 Å². The van der Waals surface area contributed by atoms with Gasteiger partial charge in [-0.25, -0.2) is 36.3 Å². The minimum Gasteiger partial charge on any atom is -0.354 e. The van der Waals surface area contributed by atoms with Crippen LogP contribution in [0.5, 0.6) is 0 Å². The number of anilines is 1. The predicted molar refractivity (Wildman–Crippen MR) is 136 cm³/mol. The number of amides is 1. The normalized spacial score (nSPS) is 18.0. The van der Waals surface area contributed by atoms with Crippen LogP contribution in [-0.2, 0) is 29.6 Å². The van der Waals surface area contributed by atoms with Crippen LogP contribution in [0.25, 0.3) is 0 Å². The summed E-state index contributed by atoms with van der Waals surface area (Å²) >= 11 is 3.28. The van der Waals surface area contributed by atoms with Crippen LogP contribution in [0.1, 0.15) is 66.4 Å². The average molecular weight is 667 g/mol. The van der Waals surface area contributed by atoms with Gasteiger partial charge in [-0.05, 0) is 58.8 Å². The van der Waals surface area contributed by atoms with Gasteiger partial charge in [0.05, 0.1) is 21.8 Å². The molecule has 2 aliphatic carbocycles. The molecule has 0 spiro atoms. The molecule has 2 aliphatic rings. The third-order valence-corrected chi connectivity index (χ3v) is 7.60. The summed E-state index contributed by atoms with van der Waals surface area (Å²) in [6.45, 7) is -0.535. The highest BCUT2D eigenvalue weighted by atomic mass is 79.9. The number of carbonyl (C=O) groups excluding carboxylic acids is 1. The maximum Gasteiger partial charge on any atom is 0.290 e. The molecule has 7 nitrogen and oxygen atoms in total. The van der Waals surface area contributed by atoms with Gasteiger partial charge in [-0.3, -0.25) is 9.48 Å². The number of nitrogens with zero attached hydrogens (tertiary/aromatic N) is 4. The van der Waals surface area contributed by atoms with Crippen LogP contribution in [-0.4, -0.2) is 32.2 Å². The third kappa shape index (κ3) is 6.52. The number of carbonyl (C=O) groups is 1. The van der Waals surface area contributed by atoms with Crippen molar-refractivity contribution in [1.82, 2.24) is 25.1 Å². The molecule has 1 amide bonds. The van der Waals surface area contributed by atoms with E-state index in [0.29, 0.717) is 18.5 Å². The fourth-order valence-corrected chi connectivity index (χ4v) is 5.33. The van der Waals surface area contributed by atoms with E-state index in [1.807, 2.05) is 0 Å². The lowest BCUT2D eigenvalue weighted by Crippen LogP contribution is -2.37. The molecule has 1 fully saturated rings. The highest BCUT2D eigenvalue weighted by molar-refractivity contribution is 9.10. The van der Waals surface area contributed by atoms with E-state index in [2.05, 4.69) is 41.6 Å². The summed E-state index contributed by atoms with van der Waals surface area (Å²) in [7, 11) is 0. The molecule has 0 radical (unpaired) electrons. The van der Waals surface area contributed by atoms with E-state index in [1.165, 1.54) is 6.20 Å². The second-order valence-electron chi connectivity index (χ2n) is 10.3. The maximum atomic E-state index is 14.8. The van der Waals surface area contributed by atoms with Crippen molar-refractivity contribution in [3.05, 3.63) is 68.7 Å². The van der Waals surface area contributed by atoms with Crippen LogP contribution in [0.2, 0.25) is 0 Å². The number of benzene rings is 1. The van der Waals surface area contributed by atoms with Crippen LogP contribution < -0.4 is 10.6 Å². The van der Waals surface area contributed by atoms with Gasteiger partial charge in [0.2, 0.25) is 11.9 Å². The highest BCUT2D eigenvalue weighted by Crippen LogP contribution is 2.52. The third-order valence-electron chi connectivity index (χ3n) is 6.99. The Hall–Kier alpha value is -3.30. The molecule has 226 valence electrons. The van der Waals surface area contributed by atoms with Gasteiger partial charge in [0.15, 0.2) is 0 Å². The van der Waals surface area contributed by atoms with Crippen LogP contribution >= 0.6 is 15.9 Å². The van der Waals surface area contributed by atoms with Crippen molar-refractivity contribution in [3.63, 3.8) is 0 Å². The highest BCUT2D eigenvalue weighted by Gasteiger charge is 2.55. The number of rotatable bonds is 10. The first-order valence-corrected chi connectivity index (χ1v) is 13.7. The van der Waals surface area contributed by atoms with Crippen LogP contribution in [0.4, 0.5) is 41.1 Å². The molecule has 2 N–H and O–H groups in total. The van der Waals surface area contributed by atoms with Gasteiger partial charge in [-0.2, -0.15) is 13.9 Å². The number of fused-ring (bicyclic) bond motifs is 1. The summed E-state index contributed by atoms with van der Waals surface area (Å²) in [6.07, 6.45) is -3.09. The van der Waals surface area contributed by atoms with Crippen molar-refractivity contribution < 1.29 is 39.9 Å². The summed E-state index contributed by atoms with van der Waals surface area (Å²) in [6, 6.07) is 1.53. The van der Waals surface area contributed by atoms with Crippen molar-refractivity contribution in [2.24, 2.45) is 5.92 Å². The number of hydrogen-bond acceptors (Lipinski definition) is 5. The molecule has 5 rings (SSSR count). The van der Waals surface area contributed by atoms with Crippen LogP contribution in [0, 0.1) is 17.6 Å². The molecule has 2 aromatic heterocycles. The average Bonchev–Trinajstić information content (AvgIpc) is 3.63. The first-order chi connectivity index (χ1) is 19.7. The van der Waals surface area contributed by atoms with E-state index >= 15 is 0 Å². The Morgan fingerprint density at radius 1 is 1.05 bits per heavy atom. The van der Waals surface area contributed by atoms with Crippen LogP contribution in [0.15, 0.2) is 28.9 Å². The SMILES string of the molecule is O=C(Cn1nc(C(F)F)c2c1C(F)(F)CCC2(F)F)N[C@@H](Cc1cc(F)cc(F)c1)c1nc(NCC2CC2)ncc1Br. The van der Waals surface area contributed by atoms with Crippen molar-refractivity contribution in [2.45, 2.75) is 63.0 Å². The molecule has 0 aliphatic heterocycles. The molecule has 42 heavy (non-hydrogen) atoms. The Morgan fingerprint density at radius 3 is 2.36 bits per heavy atom. The zero-order valence-electron chi connectivity index (χ0n) is 21.6. The van der Waals surface area contributed by atoms with Gasteiger partial charge in [-0.1, -0.05) is 0 Å². The predicted octanol–water partition coefficient (Wildman–Crippen LogP) is 6.55. The fraction of sp³-hybridized carbons (Fsp3) is 0.462. The second-order valence-corrected chi connectivity index (χ2v) is 11.2. The zero-order valence-corrected chi connectivity index (χ0v) is 23.2. The van der Waals surface area contributed by atoms with Gasteiger partial charge in [0.1, 0.15) is 29.6 Å². The lowest BCUT2D eigenvalue weighted by molar-refractivity contribution is -0.123. The Kier molecular flexibility index (Phi) is 8.20. The second kappa shape index (κ2) is 11.4. The van der Waals surface area contributed by atoms with Gasteiger partial charge in [0.25, 0.3) is 18.3 Å². The quantitative estimate of drug-likeness (QED) is 0.240. The molecule has 1 aromatic carbocycles. The van der Waals surface area contributed by atoms with Gasteiger partial charge < -0.3 is 10.6 Å². The minimum atomic E-state index is -4.00. The summed E-state index contributed by atoms with van der Waals surface area (Å²) in [5.41, 5.74) is -4.33.